The number of carbonyl (C=O) groups excluding carboxylic acids is 1. The van der Waals surface area contributed by atoms with E-state index in [9.17, 15) is 27.6 Å². The highest BCUT2D eigenvalue weighted by Crippen LogP contribution is 2.29. The maximum Gasteiger partial charge on any atom is 0.416 e. The number of carboxylic acids is 2. The summed E-state index contributed by atoms with van der Waals surface area (Å²) in [5, 5.41) is 22.3. The standard InChI is InChI=1S/C23H20ClF3N2O.C4H4O4/c24-20-12-8-17(9-13-20)15-29-22(30)21(18-4-2-1-3-5-18)28-14-16-6-10-19(11-7-16)23(25,26)27;5-3(6)1-2-4(7)8/h1-13,21,28H,14-15H2,(H,29,30);1-2H,(H,5,6)(H,7,8). The Hall–Kier alpha value is -4.15. The number of carbonyl (C=O) groups is 3. The molecule has 11 heteroatoms. The first kappa shape index (κ1) is 30.1. The summed E-state index contributed by atoms with van der Waals surface area (Å²) in [4.78, 5) is 31.9. The molecular formula is C27H24ClF3N2O5. The highest BCUT2D eigenvalue weighted by Gasteiger charge is 2.30. The summed E-state index contributed by atoms with van der Waals surface area (Å²) < 4.78 is 38.2. The maximum absolute atomic E-state index is 12.8. The molecule has 4 N–H and O–H groups in total. The number of amides is 1. The molecule has 3 rings (SSSR count). The fraction of sp³-hybridized carbons (Fsp3) is 0.148. The average molecular weight is 549 g/mol. The van der Waals surface area contributed by atoms with Gasteiger partial charge in [0.15, 0.2) is 0 Å². The highest BCUT2D eigenvalue weighted by atomic mass is 35.5. The molecule has 0 heterocycles. The van der Waals surface area contributed by atoms with Crippen LogP contribution in [0.4, 0.5) is 13.2 Å². The van der Waals surface area contributed by atoms with E-state index < -0.39 is 29.7 Å². The molecule has 3 aromatic rings. The number of rotatable bonds is 9. The average Bonchev–Trinajstić information content (AvgIpc) is 2.88. The molecule has 38 heavy (non-hydrogen) atoms. The molecule has 0 radical (unpaired) electrons. The van der Waals surface area contributed by atoms with Crippen LogP contribution in [0.25, 0.3) is 0 Å². The van der Waals surface area contributed by atoms with E-state index in [4.69, 9.17) is 21.8 Å². The molecule has 0 saturated heterocycles. The molecule has 0 bridgehead atoms. The van der Waals surface area contributed by atoms with Gasteiger partial charge in [0, 0.05) is 30.3 Å². The first-order chi connectivity index (χ1) is 18.0. The Morgan fingerprint density at radius 2 is 1.29 bits per heavy atom. The fourth-order valence-electron chi connectivity index (χ4n) is 3.07. The third kappa shape index (κ3) is 10.9. The molecule has 1 atom stereocenters. The second-order valence-corrected chi connectivity index (χ2v) is 8.21. The SMILES string of the molecule is O=C(NCc1ccc(Cl)cc1)C(NCc1ccc(C(F)(F)F)cc1)c1ccccc1.O=C(O)C=CC(=O)O. The van der Waals surface area contributed by atoms with Crippen LogP contribution < -0.4 is 10.6 Å². The van der Waals surface area contributed by atoms with E-state index in [0.717, 1.165) is 23.3 Å². The Labute approximate surface area is 221 Å². The minimum atomic E-state index is -4.37. The van der Waals surface area contributed by atoms with Crippen LogP contribution >= 0.6 is 11.6 Å². The summed E-state index contributed by atoms with van der Waals surface area (Å²) >= 11 is 5.88. The van der Waals surface area contributed by atoms with Crippen molar-refractivity contribution in [1.82, 2.24) is 10.6 Å². The molecule has 1 unspecified atom stereocenters. The minimum absolute atomic E-state index is 0.233. The van der Waals surface area contributed by atoms with Crippen molar-refractivity contribution in [1.29, 1.82) is 0 Å². The lowest BCUT2D eigenvalue weighted by atomic mass is 10.0. The zero-order valence-electron chi connectivity index (χ0n) is 19.8. The first-order valence-corrected chi connectivity index (χ1v) is 11.4. The lowest BCUT2D eigenvalue weighted by Crippen LogP contribution is -2.37. The first-order valence-electron chi connectivity index (χ1n) is 11.1. The van der Waals surface area contributed by atoms with Gasteiger partial charge in [-0.1, -0.05) is 66.2 Å². The number of hydrogen-bond acceptors (Lipinski definition) is 4. The van der Waals surface area contributed by atoms with Crippen molar-refractivity contribution in [3.05, 3.63) is 118 Å². The molecule has 0 aliphatic heterocycles. The molecule has 1 amide bonds. The molecular weight excluding hydrogens is 525 g/mol. The smallest absolute Gasteiger partial charge is 0.416 e. The Morgan fingerprint density at radius 3 is 1.79 bits per heavy atom. The maximum atomic E-state index is 12.8. The van der Waals surface area contributed by atoms with E-state index >= 15 is 0 Å². The zero-order valence-corrected chi connectivity index (χ0v) is 20.5. The number of halogens is 4. The van der Waals surface area contributed by atoms with Gasteiger partial charge in [0.25, 0.3) is 0 Å². The third-order valence-corrected chi connectivity index (χ3v) is 5.19. The van der Waals surface area contributed by atoms with E-state index in [1.807, 2.05) is 42.5 Å². The van der Waals surface area contributed by atoms with E-state index in [1.165, 1.54) is 12.1 Å². The third-order valence-electron chi connectivity index (χ3n) is 4.94. The van der Waals surface area contributed by atoms with Crippen LogP contribution in [0, 0.1) is 0 Å². The fourth-order valence-corrected chi connectivity index (χ4v) is 3.20. The second kappa shape index (κ2) is 14.6. The second-order valence-electron chi connectivity index (χ2n) is 7.77. The van der Waals surface area contributed by atoms with Crippen molar-refractivity contribution >= 4 is 29.4 Å². The topological polar surface area (TPSA) is 116 Å². The predicted molar refractivity (Wildman–Crippen MR) is 135 cm³/mol. The van der Waals surface area contributed by atoms with E-state index in [2.05, 4.69) is 10.6 Å². The number of aliphatic carboxylic acids is 2. The van der Waals surface area contributed by atoms with E-state index in [0.29, 0.717) is 29.3 Å². The van der Waals surface area contributed by atoms with Crippen molar-refractivity contribution in [2.45, 2.75) is 25.3 Å². The van der Waals surface area contributed by atoms with Crippen LogP contribution in [0.1, 0.15) is 28.3 Å². The highest BCUT2D eigenvalue weighted by molar-refractivity contribution is 6.30. The molecule has 0 fully saturated rings. The van der Waals surface area contributed by atoms with Crippen LogP contribution in [0.2, 0.25) is 5.02 Å². The van der Waals surface area contributed by atoms with Gasteiger partial charge >= 0.3 is 18.1 Å². The quantitative estimate of drug-likeness (QED) is 0.273. The molecule has 7 nitrogen and oxygen atoms in total. The number of benzene rings is 3. The molecule has 0 saturated carbocycles. The van der Waals surface area contributed by atoms with Gasteiger partial charge in [-0.15, -0.1) is 0 Å². The van der Waals surface area contributed by atoms with Gasteiger partial charge in [0.05, 0.1) is 5.56 Å². The zero-order chi connectivity index (χ0) is 28.1. The summed E-state index contributed by atoms with van der Waals surface area (Å²) in [6.07, 6.45) is -3.26. The molecule has 200 valence electrons. The van der Waals surface area contributed by atoms with Crippen molar-refractivity contribution in [3.63, 3.8) is 0 Å². The van der Waals surface area contributed by atoms with Crippen molar-refractivity contribution in [2.75, 3.05) is 0 Å². The normalized spacial score (nSPS) is 11.8. The van der Waals surface area contributed by atoms with E-state index in [1.54, 1.807) is 12.1 Å². The lowest BCUT2D eigenvalue weighted by Gasteiger charge is -2.19. The number of alkyl halides is 3. The van der Waals surface area contributed by atoms with E-state index in [-0.39, 0.29) is 12.5 Å². The predicted octanol–water partition coefficient (Wildman–Crippen LogP) is 5.22. The van der Waals surface area contributed by atoms with Gasteiger partial charge < -0.3 is 15.5 Å². The molecule has 0 spiro atoms. The minimum Gasteiger partial charge on any atom is -0.478 e. The molecule has 0 aliphatic rings. The number of hydrogen-bond donors (Lipinski definition) is 4. The van der Waals surface area contributed by atoms with Crippen LogP contribution in [-0.4, -0.2) is 28.1 Å². The Balaban J connectivity index is 0.000000550. The Bertz CT molecular complexity index is 1220. The summed E-state index contributed by atoms with van der Waals surface area (Å²) in [6.45, 7) is 0.577. The number of carboxylic acid groups (broad SMARTS) is 2. The summed E-state index contributed by atoms with van der Waals surface area (Å²) in [5.41, 5.74) is 1.61. The lowest BCUT2D eigenvalue weighted by molar-refractivity contribution is -0.137. The van der Waals surface area contributed by atoms with Gasteiger partial charge in [-0.25, -0.2) is 9.59 Å². The van der Waals surface area contributed by atoms with Crippen molar-refractivity contribution in [3.8, 4) is 0 Å². The van der Waals surface area contributed by atoms with Crippen LogP contribution in [0.15, 0.2) is 91.0 Å². The van der Waals surface area contributed by atoms with Gasteiger partial charge in [-0.05, 0) is 41.0 Å². The van der Waals surface area contributed by atoms with Gasteiger partial charge in [-0.2, -0.15) is 13.2 Å². The number of nitrogens with one attached hydrogen (secondary N) is 2. The molecule has 0 aromatic heterocycles. The Morgan fingerprint density at radius 1 is 0.789 bits per heavy atom. The Kier molecular flexibility index (Phi) is 11.5. The van der Waals surface area contributed by atoms with Crippen LogP contribution in [0.5, 0.6) is 0 Å². The summed E-state index contributed by atoms with van der Waals surface area (Å²) in [6, 6.07) is 20.6. The van der Waals surface area contributed by atoms with Gasteiger partial charge in [0.1, 0.15) is 6.04 Å². The van der Waals surface area contributed by atoms with Gasteiger partial charge in [0.2, 0.25) is 5.91 Å². The van der Waals surface area contributed by atoms with Crippen LogP contribution in [-0.2, 0) is 33.6 Å². The monoisotopic (exact) mass is 548 g/mol. The summed E-state index contributed by atoms with van der Waals surface area (Å²) in [7, 11) is 0. The summed E-state index contributed by atoms with van der Waals surface area (Å²) in [5.74, 6) is -2.75. The largest absolute Gasteiger partial charge is 0.478 e. The van der Waals surface area contributed by atoms with Gasteiger partial charge in [-0.3, -0.25) is 10.1 Å². The van der Waals surface area contributed by atoms with Crippen LogP contribution in [0.3, 0.4) is 0 Å². The van der Waals surface area contributed by atoms with Crippen molar-refractivity contribution in [2.24, 2.45) is 0 Å². The molecule has 0 aliphatic carbocycles. The van der Waals surface area contributed by atoms with Crippen molar-refractivity contribution < 1.29 is 37.8 Å². The molecule has 3 aromatic carbocycles.